The molecule has 0 fully saturated rings. The molecule has 0 aliphatic heterocycles. The monoisotopic (exact) mass is 516 g/mol. The Balaban J connectivity index is 1.47. The minimum atomic E-state index is -1.14. The Morgan fingerprint density at radius 1 is 0.842 bits per heavy atom. The van der Waals surface area contributed by atoms with Gasteiger partial charge in [0.2, 0.25) is 5.91 Å². The van der Waals surface area contributed by atoms with Crippen LogP contribution in [0.25, 0.3) is 11.1 Å². The van der Waals surface area contributed by atoms with Crippen LogP contribution in [0.2, 0.25) is 0 Å². The van der Waals surface area contributed by atoms with Gasteiger partial charge in [-0.05, 0) is 52.3 Å². The van der Waals surface area contributed by atoms with Crippen molar-refractivity contribution in [1.29, 1.82) is 0 Å². The number of carboxylic acids is 1. The molecule has 4 rings (SSSR count). The van der Waals surface area contributed by atoms with Crippen molar-refractivity contribution in [1.82, 2.24) is 10.6 Å². The van der Waals surface area contributed by atoms with Crippen molar-refractivity contribution in [3.63, 3.8) is 0 Å². The van der Waals surface area contributed by atoms with Crippen molar-refractivity contribution in [2.24, 2.45) is 5.92 Å². The summed E-state index contributed by atoms with van der Waals surface area (Å²) in [4.78, 5) is 37.8. The number of benzene rings is 3. The quantitative estimate of drug-likeness (QED) is 0.315. The number of hydrogen-bond acceptors (Lipinski definition) is 5. The molecule has 0 radical (unpaired) electrons. The molecule has 198 valence electrons. The number of rotatable bonds is 10. The Morgan fingerprint density at radius 3 is 1.97 bits per heavy atom. The maximum atomic E-state index is 13.1. The van der Waals surface area contributed by atoms with E-state index < -0.39 is 30.1 Å². The van der Waals surface area contributed by atoms with E-state index in [-0.39, 0.29) is 37.0 Å². The number of carbonyl (C=O) groups is 3. The van der Waals surface area contributed by atoms with Gasteiger partial charge >= 0.3 is 12.1 Å². The van der Waals surface area contributed by atoms with Crippen LogP contribution in [0.4, 0.5) is 4.79 Å². The fraction of sp³-hybridized carbons (Fsp3) is 0.300. The molecule has 0 heterocycles. The molecule has 38 heavy (non-hydrogen) atoms. The molecule has 0 bridgehead atoms. The molecule has 1 aliphatic carbocycles. The van der Waals surface area contributed by atoms with Crippen LogP contribution in [0.5, 0.6) is 5.75 Å². The molecular formula is C30H32N2O6. The lowest BCUT2D eigenvalue weighted by Crippen LogP contribution is -2.53. The summed E-state index contributed by atoms with van der Waals surface area (Å²) in [5.74, 6) is -1.79. The van der Waals surface area contributed by atoms with Crippen molar-refractivity contribution < 1.29 is 29.3 Å². The Bertz CT molecular complexity index is 1260. The third kappa shape index (κ3) is 6.32. The summed E-state index contributed by atoms with van der Waals surface area (Å²) in [6.45, 7) is 3.81. The van der Waals surface area contributed by atoms with Gasteiger partial charge in [0.15, 0.2) is 0 Å². The zero-order valence-corrected chi connectivity index (χ0v) is 21.4. The standard InChI is InChI=1S/C30H32N2O6/c1-18(2)15-27(29(35)36)31-28(34)26(16-19-11-13-20(33)14-12-19)32-30(37)38-17-25-23-9-5-3-7-21(23)22-8-4-6-10-24(22)25/h3-14,18,25-27,33H,15-17H2,1-2H3,(H,31,34)(H,32,37)(H,35,36)/t26-,27-/m0/s1. The van der Waals surface area contributed by atoms with Gasteiger partial charge < -0.3 is 25.6 Å². The first-order valence-corrected chi connectivity index (χ1v) is 12.7. The molecule has 1 aliphatic rings. The number of aromatic hydroxyl groups is 1. The summed E-state index contributed by atoms with van der Waals surface area (Å²) < 4.78 is 5.61. The number of carbonyl (C=O) groups excluding carboxylic acids is 2. The van der Waals surface area contributed by atoms with Crippen LogP contribution in [0.15, 0.2) is 72.8 Å². The van der Waals surface area contributed by atoms with Crippen LogP contribution in [0.1, 0.15) is 42.9 Å². The van der Waals surface area contributed by atoms with Crippen LogP contribution in [0.3, 0.4) is 0 Å². The first-order chi connectivity index (χ1) is 18.2. The maximum absolute atomic E-state index is 13.1. The SMILES string of the molecule is CC(C)C[C@H](NC(=O)[C@H](Cc1ccc(O)cc1)NC(=O)OCC1c2ccccc2-c2ccccc21)C(=O)O. The molecule has 2 amide bonds. The summed E-state index contributed by atoms with van der Waals surface area (Å²) in [5, 5.41) is 24.3. The molecule has 0 saturated heterocycles. The van der Waals surface area contributed by atoms with Gasteiger partial charge in [-0.2, -0.15) is 0 Å². The summed E-state index contributed by atoms with van der Waals surface area (Å²) in [7, 11) is 0. The van der Waals surface area contributed by atoms with Crippen LogP contribution >= 0.6 is 0 Å². The largest absolute Gasteiger partial charge is 0.508 e. The Kier molecular flexibility index (Phi) is 8.31. The molecule has 0 aromatic heterocycles. The minimum absolute atomic E-state index is 0.0436. The second kappa shape index (κ2) is 11.8. The van der Waals surface area contributed by atoms with Crippen molar-refractivity contribution in [2.45, 2.75) is 44.7 Å². The van der Waals surface area contributed by atoms with E-state index in [4.69, 9.17) is 4.74 Å². The number of aliphatic carboxylic acids is 1. The molecule has 8 heteroatoms. The van der Waals surface area contributed by atoms with E-state index in [1.165, 1.54) is 12.1 Å². The fourth-order valence-electron chi connectivity index (χ4n) is 4.82. The molecule has 8 nitrogen and oxygen atoms in total. The van der Waals surface area contributed by atoms with E-state index in [0.717, 1.165) is 22.3 Å². The number of alkyl carbamates (subject to hydrolysis) is 1. The number of phenolic OH excluding ortho intramolecular Hbond substituents is 1. The van der Waals surface area contributed by atoms with Gasteiger partial charge in [-0.3, -0.25) is 4.79 Å². The van der Waals surface area contributed by atoms with E-state index in [1.807, 2.05) is 62.4 Å². The lowest BCUT2D eigenvalue weighted by Gasteiger charge is -2.23. The number of amides is 2. The Labute approximate surface area is 221 Å². The van der Waals surface area contributed by atoms with Crippen molar-refractivity contribution in [3.8, 4) is 16.9 Å². The highest BCUT2D eigenvalue weighted by atomic mass is 16.5. The third-order valence-electron chi connectivity index (χ3n) is 6.65. The number of fused-ring (bicyclic) bond motifs is 3. The Hall–Kier alpha value is -4.33. The van der Waals surface area contributed by atoms with Crippen LogP contribution in [-0.2, 0) is 20.7 Å². The molecule has 0 unspecified atom stereocenters. The normalized spacial score (nSPS) is 13.8. The zero-order valence-electron chi connectivity index (χ0n) is 21.4. The van der Waals surface area contributed by atoms with Gasteiger partial charge in [-0.1, -0.05) is 74.5 Å². The van der Waals surface area contributed by atoms with E-state index in [1.54, 1.807) is 12.1 Å². The lowest BCUT2D eigenvalue weighted by atomic mass is 9.98. The summed E-state index contributed by atoms with van der Waals surface area (Å²) in [5.41, 5.74) is 5.02. The number of nitrogens with one attached hydrogen (secondary N) is 2. The average Bonchev–Trinajstić information content (AvgIpc) is 3.21. The highest BCUT2D eigenvalue weighted by Crippen LogP contribution is 2.44. The highest BCUT2D eigenvalue weighted by Gasteiger charge is 2.31. The van der Waals surface area contributed by atoms with Crippen LogP contribution in [0, 0.1) is 5.92 Å². The van der Waals surface area contributed by atoms with Gasteiger partial charge in [0.05, 0.1) is 0 Å². The molecule has 3 aromatic rings. The molecule has 2 atom stereocenters. The van der Waals surface area contributed by atoms with E-state index in [2.05, 4.69) is 10.6 Å². The summed E-state index contributed by atoms with van der Waals surface area (Å²) >= 11 is 0. The van der Waals surface area contributed by atoms with Gasteiger partial charge in [0.25, 0.3) is 0 Å². The molecule has 0 spiro atoms. The maximum Gasteiger partial charge on any atom is 0.407 e. The van der Waals surface area contributed by atoms with Gasteiger partial charge in [0, 0.05) is 12.3 Å². The molecule has 3 aromatic carbocycles. The number of hydrogen-bond donors (Lipinski definition) is 4. The lowest BCUT2D eigenvalue weighted by molar-refractivity contribution is -0.142. The molecule has 4 N–H and O–H groups in total. The highest BCUT2D eigenvalue weighted by molar-refractivity contribution is 5.89. The average molecular weight is 517 g/mol. The fourth-order valence-corrected chi connectivity index (χ4v) is 4.82. The van der Waals surface area contributed by atoms with Gasteiger partial charge in [0.1, 0.15) is 24.4 Å². The van der Waals surface area contributed by atoms with Gasteiger partial charge in [-0.15, -0.1) is 0 Å². The predicted molar refractivity (Wildman–Crippen MR) is 143 cm³/mol. The first-order valence-electron chi connectivity index (χ1n) is 12.7. The minimum Gasteiger partial charge on any atom is -0.508 e. The topological polar surface area (TPSA) is 125 Å². The third-order valence-corrected chi connectivity index (χ3v) is 6.65. The summed E-state index contributed by atoms with van der Waals surface area (Å²) in [6, 6.07) is 20.0. The van der Waals surface area contributed by atoms with Crippen molar-refractivity contribution in [3.05, 3.63) is 89.5 Å². The first kappa shape index (κ1) is 26.7. The van der Waals surface area contributed by atoms with Crippen LogP contribution < -0.4 is 10.6 Å². The zero-order chi connectivity index (χ0) is 27.2. The molecular weight excluding hydrogens is 484 g/mol. The molecule has 0 saturated carbocycles. The van der Waals surface area contributed by atoms with E-state index in [9.17, 15) is 24.6 Å². The van der Waals surface area contributed by atoms with E-state index >= 15 is 0 Å². The second-order valence-corrected chi connectivity index (χ2v) is 9.92. The van der Waals surface area contributed by atoms with Crippen molar-refractivity contribution >= 4 is 18.0 Å². The Morgan fingerprint density at radius 2 is 1.42 bits per heavy atom. The number of carboxylic acid groups (broad SMARTS) is 1. The predicted octanol–water partition coefficient (Wildman–Crippen LogP) is 4.46. The van der Waals surface area contributed by atoms with Gasteiger partial charge in [-0.25, -0.2) is 9.59 Å². The second-order valence-electron chi connectivity index (χ2n) is 9.92. The van der Waals surface area contributed by atoms with Crippen molar-refractivity contribution in [2.75, 3.05) is 6.61 Å². The van der Waals surface area contributed by atoms with Crippen LogP contribution in [-0.4, -0.2) is 46.9 Å². The number of ether oxygens (including phenoxy) is 1. The number of phenols is 1. The summed E-state index contributed by atoms with van der Waals surface area (Å²) in [6.07, 6.45) is -0.441. The van der Waals surface area contributed by atoms with E-state index in [0.29, 0.717) is 5.56 Å². The smallest absolute Gasteiger partial charge is 0.407 e.